The number of rotatable bonds is 4. The van der Waals surface area contributed by atoms with Crippen LogP contribution in [0.4, 0.5) is 0 Å². The Morgan fingerprint density at radius 2 is 1.90 bits per heavy atom. The number of carbonyl (C=O) groups is 1. The zero-order valence-electron chi connectivity index (χ0n) is 11.9. The third-order valence-electron chi connectivity index (χ3n) is 3.67. The van der Waals surface area contributed by atoms with Crippen LogP contribution < -0.4 is 11.3 Å². The van der Waals surface area contributed by atoms with Gasteiger partial charge in [0.2, 0.25) is 5.91 Å². The normalized spacial score (nSPS) is 18.9. The molecule has 0 spiro atoms. The average molecular weight is 311 g/mol. The second kappa shape index (κ2) is 7.02. The van der Waals surface area contributed by atoms with Gasteiger partial charge < -0.3 is 0 Å². The van der Waals surface area contributed by atoms with Crippen molar-refractivity contribution in [2.45, 2.75) is 19.4 Å². The molecule has 1 amide bonds. The van der Waals surface area contributed by atoms with Gasteiger partial charge in [-0.15, -0.1) is 0 Å². The van der Waals surface area contributed by atoms with Crippen LogP contribution in [0.15, 0.2) is 24.3 Å². The summed E-state index contributed by atoms with van der Waals surface area (Å²) in [5, 5.41) is 0. The topological polar surface area (TPSA) is 92.5 Å². The Balaban J connectivity index is 2.07. The van der Waals surface area contributed by atoms with Gasteiger partial charge >= 0.3 is 0 Å². The molecule has 0 radical (unpaired) electrons. The van der Waals surface area contributed by atoms with E-state index in [0.29, 0.717) is 19.5 Å². The van der Waals surface area contributed by atoms with Gasteiger partial charge in [-0.3, -0.25) is 15.1 Å². The van der Waals surface area contributed by atoms with Crippen LogP contribution in [-0.4, -0.2) is 43.8 Å². The van der Waals surface area contributed by atoms with Gasteiger partial charge in [0.25, 0.3) is 0 Å². The molecule has 1 aliphatic rings. The second-order valence-electron chi connectivity index (χ2n) is 5.29. The maximum Gasteiger partial charge on any atom is 0.238 e. The predicted molar refractivity (Wildman–Crippen MR) is 81.0 cm³/mol. The van der Waals surface area contributed by atoms with Crippen LogP contribution in [0.1, 0.15) is 17.5 Å². The van der Waals surface area contributed by atoms with Gasteiger partial charge in [-0.1, -0.05) is 24.3 Å². The van der Waals surface area contributed by atoms with Crippen molar-refractivity contribution < 1.29 is 13.2 Å². The molecule has 3 N–H and O–H groups in total. The minimum atomic E-state index is -2.90. The number of sulfone groups is 1. The Labute approximate surface area is 125 Å². The van der Waals surface area contributed by atoms with Gasteiger partial charge in [0.15, 0.2) is 9.84 Å². The summed E-state index contributed by atoms with van der Waals surface area (Å²) in [4.78, 5) is 13.6. The fourth-order valence-electron chi connectivity index (χ4n) is 2.50. The molecule has 0 aliphatic carbocycles. The zero-order valence-corrected chi connectivity index (χ0v) is 12.7. The maximum atomic E-state index is 11.6. The predicted octanol–water partition coefficient (Wildman–Crippen LogP) is -0.160. The smallest absolute Gasteiger partial charge is 0.238 e. The van der Waals surface area contributed by atoms with Crippen LogP contribution in [-0.2, 0) is 27.6 Å². The molecule has 0 saturated carbocycles. The quantitative estimate of drug-likeness (QED) is 0.458. The zero-order chi connectivity index (χ0) is 15.3. The summed E-state index contributed by atoms with van der Waals surface area (Å²) in [6.45, 7) is 1.96. The Hall–Kier alpha value is -1.44. The number of hydrazine groups is 1. The SMILES string of the molecule is NNC(=O)Cc1ccccc1CN1CCCS(=O)(=O)CC1. The Kier molecular flexibility index (Phi) is 5.33. The standard InChI is InChI=1S/C14H21N3O3S/c15-16-14(18)10-12-4-1-2-5-13(12)11-17-6-3-8-21(19,20)9-7-17/h1-2,4-5H,3,6-11,15H2,(H,16,18). The highest BCUT2D eigenvalue weighted by molar-refractivity contribution is 7.91. The molecule has 0 bridgehead atoms. The number of benzene rings is 1. The summed E-state index contributed by atoms with van der Waals surface area (Å²) in [5.74, 6) is 5.36. The van der Waals surface area contributed by atoms with Gasteiger partial charge in [-0.25, -0.2) is 14.3 Å². The molecule has 1 aromatic carbocycles. The molecule has 0 aromatic heterocycles. The molecular weight excluding hydrogens is 290 g/mol. The monoisotopic (exact) mass is 311 g/mol. The van der Waals surface area contributed by atoms with E-state index in [1.165, 1.54) is 0 Å². The Bertz CT molecular complexity index is 601. The lowest BCUT2D eigenvalue weighted by molar-refractivity contribution is -0.120. The summed E-state index contributed by atoms with van der Waals surface area (Å²) in [7, 11) is -2.90. The number of carbonyl (C=O) groups excluding carboxylic acids is 1. The molecule has 1 aliphatic heterocycles. The number of hydrogen-bond acceptors (Lipinski definition) is 5. The molecule has 1 aromatic rings. The van der Waals surface area contributed by atoms with Crippen molar-refractivity contribution in [2.24, 2.45) is 5.84 Å². The number of nitrogens with one attached hydrogen (secondary N) is 1. The molecule has 6 nitrogen and oxygen atoms in total. The van der Waals surface area contributed by atoms with Crippen molar-refractivity contribution in [1.82, 2.24) is 10.3 Å². The third kappa shape index (κ3) is 4.80. The van der Waals surface area contributed by atoms with Crippen molar-refractivity contribution in [1.29, 1.82) is 0 Å². The van der Waals surface area contributed by atoms with Crippen LogP contribution in [0.2, 0.25) is 0 Å². The molecule has 116 valence electrons. The number of amides is 1. The minimum absolute atomic E-state index is 0.207. The van der Waals surface area contributed by atoms with E-state index >= 15 is 0 Å². The van der Waals surface area contributed by atoms with Crippen LogP contribution in [0.25, 0.3) is 0 Å². The highest BCUT2D eigenvalue weighted by atomic mass is 32.2. The first-order chi connectivity index (χ1) is 10.00. The molecule has 1 heterocycles. The number of nitrogens with zero attached hydrogens (tertiary/aromatic N) is 1. The third-order valence-corrected chi connectivity index (χ3v) is 5.39. The highest BCUT2D eigenvalue weighted by Gasteiger charge is 2.19. The first-order valence-electron chi connectivity index (χ1n) is 6.99. The van der Waals surface area contributed by atoms with E-state index in [1.807, 2.05) is 24.3 Å². The van der Waals surface area contributed by atoms with E-state index in [0.717, 1.165) is 17.7 Å². The summed E-state index contributed by atoms with van der Waals surface area (Å²) in [6.07, 6.45) is 0.895. The van der Waals surface area contributed by atoms with E-state index in [4.69, 9.17) is 5.84 Å². The van der Waals surface area contributed by atoms with Crippen molar-refractivity contribution in [2.75, 3.05) is 24.6 Å². The van der Waals surface area contributed by atoms with Crippen LogP contribution >= 0.6 is 0 Å². The molecular formula is C14H21N3O3S. The molecule has 1 fully saturated rings. The molecule has 0 atom stereocenters. The first kappa shape index (κ1) is 15.9. The fourth-order valence-corrected chi connectivity index (χ4v) is 3.81. The Morgan fingerprint density at radius 3 is 2.62 bits per heavy atom. The van der Waals surface area contributed by atoms with E-state index in [2.05, 4.69) is 10.3 Å². The summed E-state index contributed by atoms with van der Waals surface area (Å²) in [5.41, 5.74) is 4.10. The van der Waals surface area contributed by atoms with Crippen LogP contribution in [0.5, 0.6) is 0 Å². The Morgan fingerprint density at radius 1 is 1.19 bits per heavy atom. The lowest BCUT2D eigenvalue weighted by atomic mass is 10.0. The van der Waals surface area contributed by atoms with Gasteiger partial charge in [0.1, 0.15) is 0 Å². The number of nitrogens with two attached hydrogens (primary N) is 1. The fraction of sp³-hybridized carbons (Fsp3) is 0.500. The summed E-state index contributed by atoms with van der Waals surface area (Å²) >= 11 is 0. The molecule has 7 heteroatoms. The molecule has 0 unspecified atom stereocenters. The number of hydrogen-bond donors (Lipinski definition) is 2. The van der Waals surface area contributed by atoms with Crippen LogP contribution in [0, 0.1) is 0 Å². The molecule has 21 heavy (non-hydrogen) atoms. The van der Waals surface area contributed by atoms with E-state index in [9.17, 15) is 13.2 Å². The van der Waals surface area contributed by atoms with Crippen molar-refractivity contribution in [3.63, 3.8) is 0 Å². The average Bonchev–Trinajstić information content (AvgIpc) is 2.62. The first-order valence-corrected chi connectivity index (χ1v) is 8.81. The van der Waals surface area contributed by atoms with Gasteiger partial charge in [-0.05, 0) is 24.1 Å². The van der Waals surface area contributed by atoms with Crippen LogP contribution in [0.3, 0.4) is 0 Å². The second-order valence-corrected chi connectivity index (χ2v) is 7.60. The van der Waals surface area contributed by atoms with Gasteiger partial charge in [0.05, 0.1) is 17.9 Å². The van der Waals surface area contributed by atoms with Crippen molar-refractivity contribution in [3.8, 4) is 0 Å². The van der Waals surface area contributed by atoms with E-state index in [1.54, 1.807) is 0 Å². The molecule has 2 rings (SSSR count). The van der Waals surface area contributed by atoms with Gasteiger partial charge in [-0.2, -0.15) is 0 Å². The summed E-state index contributed by atoms with van der Waals surface area (Å²) < 4.78 is 23.3. The van der Waals surface area contributed by atoms with Gasteiger partial charge in [0, 0.05) is 13.1 Å². The lowest BCUT2D eigenvalue weighted by Gasteiger charge is -2.21. The highest BCUT2D eigenvalue weighted by Crippen LogP contribution is 2.15. The minimum Gasteiger partial charge on any atom is -0.298 e. The molecule has 1 saturated heterocycles. The maximum absolute atomic E-state index is 11.6. The largest absolute Gasteiger partial charge is 0.298 e. The van der Waals surface area contributed by atoms with Crippen molar-refractivity contribution >= 4 is 15.7 Å². The van der Waals surface area contributed by atoms with E-state index in [-0.39, 0.29) is 23.8 Å². The lowest BCUT2D eigenvalue weighted by Crippen LogP contribution is -2.32. The van der Waals surface area contributed by atoms with Crippen molar-refractivity contribution in [3.05, 3.63) is 35.4 Å². The summed E-state index contributed by atoms with van der Waals surface area (Å²) in [6, 6.07) is 7.68. The van der Waals surface area contributed by atoms with E-state index < -0.39 is 9.84 Å².